The van der Waals surface area contributed by atoms with Crippen LogP contribution in [0.1, 0.15) is 78.4 Å². The van der Waals surface area contributed by atoms with E-state index in [1.807, 2.05) is 96.8 Å². The molecule has 11 heteroatoms. The lowest BCUT2D eigenvalue weighted by molar-refractivity contribution is -0.137. The molecule has 0 bridgehead atoms. The number of aryl methyl sites for hydroxylation is 1. The molecule has 4 aromatic rings. The smallest absolute Gasteiger partial charge is 0.408 e. The summed E-state index contributed by atoms with van der Waals surface area (Å²) in [5.74, 6) is -0.825. The maximum atomic E-state index is 14.3. The van der Waals surface area contributed by atoms with E-state index in [1.54, 1.807) is 51.7 Å². The number of alkyl carbamates (subject to hydrolysis) is 1. The van der Waals surface area contributed by atoms with E-state index in [2.05, 4.69) is 20.9 Å². The van der Waals surface area contributed by atoms with Crippen LogP contribution in [0.15, 0.2) is 97.5 Å². The van der Waals surface area contributed by atoms with Crippen LogP contribution in [0.3, 0.4) is 0 Å². The molecule has 5 rings (SSSR count). The van der Waals surface area contributed by atoms with E-state index in [0.717, 1.165) is 35.1 Å². The Labute approximate surface area is 312 Å². The second-order valence-electron chi connectivity index (χ2n) is 15.3. The van der Waals surface area contributed by atoms with Gasteiger partial charge in [-0.3, -0.25) is 14.4 Å². The van der Waals surface area contributed by atoms with Crippen LogP contribution >= 0.6 is 0 Å². The highest BCUT2D eigenvalue weighted by molar-refractivity contribution is 5.98. The van der Waals surface area contributed by atoms with E-state index < -0.39 is 40.6 Å². The summed E-state index contributed by atoms with van der Waals surface area (Å²) in [6.07, 6.45) is 6.01. The number of rotatable bonds is 13. The van der Waals surface area contributed by atoms with E-state index in [1.165, 1.54) is 0 Å². The molecule has 0 spiro atoms. The Morgan fingerprint density at radius 2 is 1.42 bits per heavy atom. The van der Waals surface area contributed by atoms with E-state index in [4.69, 9.17) is 4.74 Å². The number of ether oxygens (including phenoxy) is 1. The number of amides is 4. The minimum Gasteiger partial charge on any atom is -0.444 e. The zero-order valence-electron chi connectivity index (χ0n) is 31.6. The van der Waals surface area contributed by atoms with Crippen LogP contribution < -0.4 is 16.0 Å². The first kappa shape index (κ1) is 38.8. The van der Waals surface area contributed by atoms with Gasteiger partial charge in [0.2, 0.25) is 11.8 Å². The Balaban J connectivity index is 1.37. The van der Waals surface area contributed by atoms with E-state index in [-0.39, 0.29) is 11.7 Å². The van der Waals surface area contributed by atoms with Gasteiger partial charge in [0.1, 0.15) is 22.7 Å². The van der Waals surface area contributed by atoms with Crippen molar-refractivity contribution < 1.29 is 23.9 Å². The number of anilines is 1. The molecule has 0 aliphatic carbocycles. The number of likely N-dealkylation sites (tertiary alicyclic amines) is 1. The molecule has 3 N–H and O–H groups in total. The SMILES string of the molecule is CC(C)(C)OC(=O)NC(C)(C)C(=O)N[C@@H](CCCc1ccccc1)C(=O)Nc1cn(C(C)(C(=O)N2CCCC2)c2ccc(-c3ccccc3)cc2)cn1. The highest BCUT2D eigenvalue weighted by atomic mass is 16.6. The second-order valence-corrected chi connectivity index (χ2v) is 15.3. The largest absolute Gasteiger partial charge is 0.444 e. The third-order valence-corrected chi connectivity index (χ3v) is 9.52. The molecule has 4 amide bonds. The van der Waals surface area contributed by atoms with Gasteiger partial charge in [-0.2, -0.15) is 0 Å². The average Bonchev–Trinajstić information content (AvgIpc) is 3.84. The standard InChI is InChI=1S/C42H52N6O5/c1-40(2,3)53-39(52)46-41(4,5)37(50)44-34(21-15-18-30-16-9-7-10-17-30)36(49)45-35-28-48(29-43-35)42(6,38(51)47-26-13-14-27-47)33-24-22-32(23-25-33)31-19-11-8-12-20-31/h7-12,16-17,19-20,22-25,28-29,34H,13-15,18,21,26-27H2,1-6H3,(H,44,50)(H,45,49)(H,46,52)/t34-,42?/m0/s1. The van der Waals surface area contributed by atoms with Crippen LogP contribution in [-0.2, 0) is 31.1 Å². The van der Waals surface area contributed by atoms with Crippen LogP contribution in [0.2, 0.25) is 0 Å². The predicted octanol–water partition coefficient (Wildman–Crippen LogP) is 6.69. The second kappa shape index (κ2) is 16.5. The molecule has 0 saturated carbocycles. The van der Waals surface area contributed by atoms with Gasteiger partial charge in [0.15, 0.2) is 5.82 Å². The summed E-state index contributed by atoms with van der Waals surface area (Å²) in [5.41, 5.74) is 0.743. The zero-order valence-corrected chi connectivity index (χ0v) is 31.6. The normalized spacial score (nSPS) is 14.9. The molecule has 1 aliphatic heterocycles. The molecule has 2 heterocycles. The number of carbonyl (C=O) groups excluding carboxylic acids is 4. The fraction of sp³-hybridized carbons (Fsp3) is 0.405. The zero-order chi connectivity index (χ0) is 38.2. The molecule has 2 atom stereocenters. The molecule has 280 valence electrons. The van der Waals surface area contributed by atoms with Gasteiger partial charge in [0.05, 0.1) is 6.33 Å². The fourth-order valence-electron chi connectivity index (χ4n) is 6.45. The van der Waals surface area contributed by atoms with Gasteiger partial charge < -0.3 is 30.2 Å². The first-order chi connectivity index (χ1) is 25.2. The summed E-state index contributed by atoms with van der Waals surface area (Å²) in [4.78, 5) is 60.7. The molecule has 53 heavy (non-hydrogen) atoms. The Morgan fingerprint density at radius 1 is 0.811 bits per heavy atom. The number of carbonyl (C=O) groups is 4. The van der Waals surface area contributed by atoms with Crippen molar-refractivity contribution >= 4 is 29.6 Å². The van der Waals surface area contributed by atoms with Gasteiger partial charge in [-0.1, -0.05) is 84.9 Å². The van der Waals surface area contributed by atoms with Crippen molar-refractivity contribution in [3.8, 4) is 11.1 Å². The Kier molecular flexibility index (Phi) is 12.1. The predicted molar refractivity (Wildman–Crippen MR) is 206 cm³/mol. The Morgan fingerprint density at radius 3 is 2.04 bits per heavy atom. The number of nitrogens with zero attached hydrogens (tertiary/aromatic N) is 3. The van der Waals surface area contributed by atoms with E-state index >= 15 is 0 Å². The molecule has 1 aromatic heterocycles. The number of aromatic nitrogens is 2. The number of hydrogen-bond donors (Lipinski definition) is 3. The van der Waals surface area contributed by atoms with Crippen molar-refractivity contribution in [2.45, 2.75) is 96.4 Å². The van der Waals surface area contributed by atoms with E-state index in [0.29, 0.717) is 32.4 Å². The van der Waals surface area contributed by atoms with Gasteiger partial charge in [-0.25, -0.2) is 9.78 Å². The first-order valence-electron chi connectivity index (χ1n) is 18.3. The number of benzene rings is 3. The number of nitrogens with one attached hydrogen (secondary N) is 3. The summed E-state index contributed by atoms with van der Waals surface area (Å²) >= 11 is 0. The monoisotopic (exact) mass is 720 g/mol. The Hall–Kier alpha value is -5.45. The number of imidazole rings is 1. The molecule has 1 aliphatic rings. The summed E-state index contributed by atoms with van der Waals surface area (Å²) in [5, 5.41) is 8.35. The number of hydrogen-bond acceptors (Lipinski definition) is 6. The van der Waals surface area contributed by atoms with E-state index in [9.17, 15) is 19.2 Å². The summed E-state index contributed by atoms with van der Waals surface area (Å²) < 4.78 is 7.11. The maximum Gasteiger partial charge on any atom is 0.408 e. The molecular formula is C42H52N6O5. The quantitative estimate of drug-likeness (QED) is 0.141. The lowest BCUT2D eigenvalue weighted by atomic mass is 9.88. The molecular weight excluding hydrogens is 668 g/mol. The first-order valence-corrected chi connectivity index (χ1v) is 18.3. The van der Waals surface area contributed by atoms with Crippen LogP contribution in [0.4, 0.5) is 10.6 Å². The van der Waals surface area contributed by atoms with Crippen LogP contribution in [0.5, 0.6) is 0 Å². The highest BCUT2D eigenvalue weighted by Crippen LogP contribution is 2.33. The van der Waals surface area contributed by atoms with Gasteiger partial charge >= 0.3 is 6.09 Å². The third-order valence-electron chi connectivity index (χ3n) is 9.52. The molecule has 3 aromatic carbocycles. The van der Waals surface area contributed by atoms with Crippen LogP contribution in [0, 0.1) is 0 Å². The maximum absolute atomic E-state index is 14.3. The summed E-state index contributed by atoms with van der Waals surface area (Å²) in [7, 11) is 0. The molecule has 0 radical (unpaired) electrons. The minimum absolute atomic E-state index is 0.0523. The minimum atomic E-state index is -1.38. The third kappa shape index (κ3) is 9.91. The Bertz CT molecular complexity index is 1860. The molecule has 1 unspecified atom stereocenters. The lowest BCUT2D eigenvalue weighted by Crippen LogP contribution is -2.58. The van der Waals surface area contributed by atoms with Crippen LogP contribution in [0.25, 0.3) is 11.1 Å². The van der Waals surface area contributed by atoms with Crippen molar-refractivity contribution in [1.82, 2.24) is 25.1 Å². The topological polar surface area (TPSA) is 135 Å². The van der Waals surface area contributed by atoms with Gasteiger partial charge in [0.25, 0.3) is 5.91 Å². The van der Waals surface area contributed by atoms with Gasteiger partial charge in [-0.05, 0) is 95.9 Å². The van der Waals surface area contributed by atoms with Crippen molar-refractivity contribution in [2.75, 3.05) is 18.4 Å². The van der Waals surface area contributed by atoms with Gasteiger partial charge in [-0.15, -0.1) is 0 Å². The fourth-order valence-corrected chi connectivity index (χ4v) is 6.45. The molecule has 1 saturated heterocycles. The van der Waals surface area contributed by atoms with Crippen molar-refractivity contribution in [3.63, 3.8) is 0 Å². The van der Waals surface area contributed by atoms with Crippen LogP contribution in [-0.4, -0.2) is 68.5 Å². The van der Waals surface area contributed by atoms with Crippen molar-refractivity contribution in [2.24, 2.45) is 0 Å². The summed E-state index contributed by atoms with van der Waals surface area (Å²) in [6, 6.07) is 27.0. The van der Waals surface area contributed by atoms with Gasteiger partial charge in [0, 0.05) is 19.3 Å². The highest BCUT2D eigenvalue weighted by Gasteiger charge is 2.41. The summed E-state index contributed by atoms with van der Waals surface area (Å²) in [6.45, 7) is 11.6. The lowest BCUT2D eigenvalue weighted by Gasteiger charge is -2.34. The molecule has 1 fully saturated rings. The van der Waals surface area contributed by atoms with Crippen molar-refractivity contribution in [1.29, 1.82) is 0 Å². The van der Waals surface area contributed by atoms with Crippen molar-refractivity contribution in [3.05, 3.63) is 109 Å². The molecule has 11 nitrogen and oxygen atoms in total. The average molecular weight is 721 g/mol.